The number of nitrogens with zero attached hydrogens (tertiary/aromatic N) is 1. The van der Waals surface area contributed by atoms with Gasteiger partial charge in [0.1, 0.15) is 0 Å². The average Bonchev–Trinajstić information content (AvgIpc) is 2.87. The summed E-state index contributed by atoms with van der Waals surface area (Å²) >= 11 is 0. The number of hydrogen-bond donors (Lipinski definition) is 1. The van der Waals surface area contributed by atoms with Gasteiger partial charge < -0.3 is 10.6 Å². The minimum atomic E-state index is -0.452. The van der Waals surface area contributed by atoms with E-state index < -0.39 is 5.54 Å². The lowest BCUT2D eigenvalue weighted by molar-refractivity contribution is -0.135. The normalized spacial score (nSPS) is 37.5. The molecule has 1 amide bonds. The molecule has 3 fully saturated rings. The van der Waals surface area contributed by atoms with Gasteiger partial charge in [-0.15, -0.1) is 0 Å². The molecule has 0 spiro atoms. The first-order chi connectivity index (χ1) is 7.21. The summed E-state index contributed by atoms with van der Waals surface area (Å²) in [6.07, 6.45) is 8.21. The molecule has 15 heavy (non-hydrogen) atoms. The Morgan fingerprint density at radius 2 is 1.93 bits per heavy atom. The van der Waals surface area contributed by atoms with Gasteiger partial charge in [-0.1, -0.05) is 12.8 Å². The summed E-state index contributed by atoms with van der Waals surface area (Å²) in [5.74, 6) is 1.03. The summed E-state index contributed by atoms with van der Waals surface area (Å²) in [4.78, 5) is 14.3. The van der Waals surface area contributed by atoms with Crippen LogP contribution in [0.1, 0.15) is 44.9 Å². The molecule has 0 aromatic rings. The Morgan fingerprint density at radius 3 is 2.67 bits per heavy atom. The van der Waals surface area contributed by atoms with Crippen molar-refractivity contribution in [3.05, 3.63) is 0 Å². The summed E-state index contributed by atoms with van der Waals surface area (Å²) < 4.78 is 0. The molecule has 3 heteroatoms. The van der Waals surface area contributed by atoms with E-state index in [1.165, 1.54) is 32.1 Å². The summed E-state index contributed by atoms with van der Waals surface area (Å²) in [5, 5.41) is 0. The van der Waals surface area contributed by atoms with Crippen molar-refractivity contribution in [1.29, 1.82) is 0 Å². The summed E-state index contributed by atoms with van der Waals surface area (Å²) in [5.41, 5.74) is 5.55. The van der Waals surface area contributed by atoms with Crippen LogP contribution in [-0.4, -0.2) is 28.9 Å². The first kappa shape index (κ1) is 9.64. The fourth-order valence-electron chi connectivity index (χ4n) is 3.29. The molecule has 0 aromatic heterocycles. The van der Waals surface area contributed by atoms with Crippen LogP contribution in [0.5, 0.6) is 0 Å². The molecule has 2 aliphatic carbocycles. The van der Waals surface area contributed by atoms with E-state index in [1.54, 1.807) is 0 Å². The van der Waals surface area contributed by atoms with Crippen molar-refractivity contribution in [3.8, 4) is 0 Å². The van der Waals surface area contributed by atoms with Gasteiger partial charge in [-0.05, 0) is 38.0 Å². The molecule has 0 aromatic carbocycles. The van der Waals surface area contributed by atoms with E-state index in [0.717, 1.165) is 25.3 Å². The first-order valence-electron chi connectivity index (χ1n) is 6.31. The average molecular weight is 208 g/mol. The number of rotatable bonds is 1. The number of likely N-dealkylation sites (tertiary alicyclic amines) is 1. The fraction of sp³-hybridized carbons (Fsp3) is 0.917. The number of hydrogen-bond acceptors (Lipinski definition) is 2. The molecule has 3 rings (SSSR count). The summed E-state index contributed by atoms with van der Waals surface area (Å²) in [6.45, 7) is 0.965. The first-order valence-corrected chi connectivity index (χ1v) is 6.31. The van der Waals surface area contributed by atoms with Gasteiger partial charge in [-0.25, -0.2) is 0 Å². The van der Waals surface area contributed by atoms with Crippen LogP contribution in [0.2, 0.25) is 0 Å². The third-order valence-corrected chi connectivity index (χ3v) is 4.49. The number of carbonyl (C=O) groups excluding carboxylic acids is 1. The lowest BCUT2D eigenvalue weighted by atomic mass is 9.85. The van der Waals surface area contributed by atoms with Crippen molar-refractivity contribution in [2.75, 3.05) is 6.54 Å². The maximum Gasteiger partial charge on any atom is 0.242 e. The molecule has 1 heterocycles. The lowest BCUT2D eigenvalue weighted by Crippen LogP contribution is -2.49. The highest BCUT2D eigenvalue weighted by Gasteiger charge is 2.51. The highest BCUT2D eigenvalue weighted by atomic mass is 16.2. The molecule has 0 radical (unpaired) electrons. The van der Waals surface area contributed by atoms with Crippen LogP contribution in [0.4, 0.5) is 0 Å². The molecule has 84 valence electrons. The predicted octanol–water partition coefficient (Wildman–Crippen LogP) is 1.27. The Kier molecular flexibility index (Phi) is 2.06. The smallest absolute Gasteiger partial charge is 0.242 e. The van der Waals surface area contributed by atoms with Gasteiger partial charge in [0, 0.05) is 12.6 Å². The fourth-order valence-corrected chi connectivity index (χ4v) is 3.29. The van der Waals surface area contributed by atoms with Crippen molar-refractivity contribution in [3.63, 3.8) is 0 Å². The third kappa shape index (κ3) is 1.48. The Balaban J connectivity index is 1.74. The molecule has 1 aliphatic heterocycles. The number of nitrogens with two attached hydrogens (primary N) is 1. The zero-order valence-corrected chi connectivity index (χ0v) is 9.24. The quantitative estimate of drug-likeness (QED) is 0.705. The zero-order valence-electron chi connectivity index (χ0n) is 9.24. The lowest BCUT2D eigenvalue weighted by Gasteiger charge is -2.33. The van der Waals surface area contributed by atoms with Crippen molar-refractivity contribution >= 4 is 5.91 Å². The molecular formula is C12H20N2O. The van der Waals surface area contributed by atoms with E-state index in [0.29, 0.717) is 6.04 Å². The topological polar surface area (TPSA) is 46.3 Å². The maximum absolute atomic E-state index is 12.2. The SMILES string of the molecule is NC1(C(=O)N2CCC3CCCCC32)CC1. The minimum Gasteiger partial charge on any atom is -0.338 e. The van der Waals surface area contributed by atoms with Gasteiger partial charge in [-0.3, -0.25) is 4.79 Å². The van der Waals surface area contributed by atoms with Gasteiger partial charge in [0.2, 0.25) is 5.91 Å². The van der Waals surface area contributed by atoms with Gasteiger partial charge in [-0.2, -0.15) is 0 Å². The number of fused-ring (bicyclic) bond motifs is 1. The van der Waals surface area contributed by atoms with Gasteiger partial charge in [0.05, 0.1) is 5.54 Å². The van der Waals surface area contributed by atoms with Gasteiger partial charge in [0.25, 0.3) is 0 Å². The van der Waals surface area contributed by atoms with E-state index in [1.807, 2.05) is 0 Å². The predicted molar refractivity (Wildman–Crippen MR) is 58.2 cm³/mol. The Labute approximate surface area is 91.0 Å². The van der Waals surface area contributed by atoms with E-state index in [9.17, 15) is 4.79 Å². The molecule has 2 saturated carbocycles. The monoisotopic (exact) mass is 208 g/mol. The van der Waals surface area contributed by atoms with Crippen LogP contribution < -0.4 is 5.73 Å². The Bertz CT molecular complexity index is 285. The van der Waals surface area contributed by atoms with E-state index in [-0.39, 0.29) is 5.91 Å². The highest BCUT2D eigenvalue weighted by molar-refractivity contribution is 5.89. The molecule has 2 N–H and O–H groups in total. The van der Waals surface area contributed by atoms with Crippen LogP contribution in [0, 0.1) is 5.92 Å². The Hall–Kier alpha value is -0.570. The van der Waals surface area contributed by atoms with Crippen LogP contribution in [0.25, 0.3) is 0 Å². The van der Waals surface area contributed by atoms with E-state index >= 15 is 0 Å². The highest BCUT2D eigenvalue weighted by Crippen LogP contribution is 2.41. The minimum absolute atomic E-state index is 0.247. The summed E-state index contributed by atoms with van der Waals surface area (Å²) in [6, 6.07) is 0.535. The second-order valence-corrected chi connectivity index (χ2v) is 5.56. The number of carbonyl (C=O) groups is 1. The Morgan fingerprint density at radius 1 is 1.20 bits per heavy atom. The van der Waals surface area contributed by atoms with E-state index in [4.69, 9.17) is 5.73 Å². The second-order valence-electron chi connectivity index (χ2n) is 5.56. The second kappa shape index (κ2) is 3.21. The van der Waals surface area contributed by atoms with Crippen molar-refractivity contribution in [1.82, 2.24) is 4.90 Å². The van der Waals surface area contributed by atoms with Crippen LogP contribution in [0.3, 0.4) is 0 Å². The van der Waals surface area contributed by atoms with Crippen molar-refractivity contribution in [2.45, 2.75) is 56.5 Å². The van der Waals surface area contributed by atoms with Crippen molar-refractivity contribution in [2.24, 2.45) is 11.7 Å². The zero-order chi connectivity index (χ0) is 10.5. The van der Waals surface area contributed by atoms with Crippen LogP contribution in [0.15, 0.2) is 0 Å². The van der Waals surface area contributed by atoms with Gasteiger partial charge >= 0.3 is 0 Å². The molecule has 3 nitrogen and oxygen atoms in total. The van der Waals surface area contributed by atoms with E-state index in [2.05, 4.69) is 4.90 Å². The van der Waals surface area contributed by atoms with Gasteiger partial charge in [0.15, 0.2) is 0 Å². The maximum atomic E-state index is 12.2. The molecule has 0 bridgehead atoms. The molecule has 1 saturated heterocycles. The summed E-state index contributed by atoms with van der Waals surface area (Å²) in [7, 11) is 0. The van der Waals surface area contributed by atoms with Crippen LogP contribution in [-0.2, 0) is 4.79 Å². The number of amides is 1. The molecule has 3 aliphatic rings. The largest absolute Gasteiger partial charge is 0.338 e. The molecule has 2 unspecified atom stereocenters. The molecular weight excluding hydrogens is 188 g/mol. The molecule has 2 atom stereocenters. The third-order valence-electron chi connectivity index (χ3n) is 4.49. The van der Waals surface area contributed by atoms with Crippen molar-refractivity contribution < 1.29 is 4.79 Å². The standard InChI is InChI=1S/C12H20N2O/c13-12(6-7-12)11(15)14-8-5-9-3-1-2-4-10(9)14/h9-10H,1-8,13H2. The van der Waals surface area contributed by atoms with Crippen LogP contribution >= 0.6 is 0 Å².